The molecular weight excluding hydrogens is 415 g/mol. The number of aliphatic hydroxyl groups is 1. The smallest absolute Gasteiger partial charge is 0.339 e. The van der Waals surface area contributed by atoms with Crippen LogP contribution >= 0.6 is 0 Å². The molecule has 0 amide bonds. The highest BCUT2D eigenvalue weighted by molar-refractivity contribution is 5.92. The molecule has 0 aliphatic rings. The summed E-state index contributed by atoms with van der Waals surface area (Å²) >= 11 is 0. The second kappa shape index (κ2) is 9.95. The van der Waals surface area contributed by atoms with Crippen LogP contribution in [0.4, 0.5) is 4.39 Å². The number of hydrogen-bond acceptors (Lipinski definition) is 3. The Hall–Kier alpha value is -4.20. The lowest BCUT2D eigenvalue weighted by atomic mass is 9.86. The zero-order valence-corrected chi connectivity index (χ0v) is 17.7. The average Bonchev–Trinajstić information content (AvgIpc) is 2.88. The highest BCUT2D eigenvalue weighted by Crippen LogP contribution is 2.29. The number of esters is 1. The van der Waals surface area contributed by atoms with Gasteiger partial charge in [0.05, 0.1) is 5.56 Å². The SMILES string of the molecule is O=C(OCc1ccccc1)c1cc(F)ccc1C#CC(O)(c1ccccc1)c1ccccc1. The van der Waals surface area contributed by atoms with Crippen LogP contribution in [0.1, 0.15) is 32.6 Å². The quantitative estimate of drug-likeness (QED) is 0.333. The molecule has 0 radical (unpaired) electrons. The summed E-state index contributed by atoms with van der Waals surface area (Å²) < 4.78 is 19.3. The van der Waals surface area contributed by atoms with Crippen molar-refractivity contribution in [3.05, 3.63) is 143 Å². The Balaban J connectivity index is 1.70. The molecule has 4 aromatic carbocycles. The first-order valence-electron chi connectivity index (χ1n) is 10.4. The Morgan fingerprint density at radius 1 is 0.818 bits per heavy atom. The Morgan fingerprint density at radius 3 is 1.94 bits per heavy atom. The molecule has 0 aromatic heterocycles. The second-order valence-electron chi connectivity index (χ2n) is 7.44. The van der Waals surface area contributed by atoms with Gasteiger partial charge in [0.2, 0.25) is 0 Å². The third-order valence-corrected chi connectivity index (χ3v) is 5.18. The van der Waals surface area contributed by atoms with Crippen molar-refractivity contribution in [2.24, 2.45) is 0 Å². The molecule has 0 atom stereocenters. The van der Waals surface area contributed by atoms with Crippen LogP contribution in [0.3, 0.4) is 0 Å². The van der Waals surface area contributed by atoms with Crippen molar-refractivity contribution in [3.63, 3.8) is 0 Å². The lowest BCUT2D eigenvalue weighted by molar-refractivity contribution is 0.0471. The second-order valence-corrected chi connectivity index (χ2v) is 7.44. The summed E-state index contributed by atoms with van der Waals surface area (Å²) in [5, 5.41) is 11.6. The molecule has 4 rings (SSSR count). The summed E-state index contributed by atoms with van der Waals surface area (Å²) in [7, 11) is 0. The van der Waals surface area contributed by atoms with E-state index in [-0.39, 0.29) is 17.7 Å². The van der Waals surface area contributed by atoms with Crippen molar-refractivity contribution in [2.45, 2.75) is 12.2 Å². The first-order valence-corrected chi connectivity index (χ1v) is 10.4. The molecule has 0 saturated heterocycles. The predicted octanol–water partition coefficient (Wildman–Crippen LogP) is 5.47. The van der Waals surface area contributed by atoms with Crippen LogP contribution in [0, 0.1) is 17.7 Å². The van der Waals surface area contributed by atoms with Crippen LogP contribution in [-0.4, -0.2) is 11.1 Å². The van der Waals surface area contributed by atoms with Crippen LogP contribution in [0.25, 0.3) is 0 Å². The van der Waals surface area contributed by atoms with Crippen molar-refractivity contribution in [3.8, 4) is 11.8 Å². The number of benzene rings is 4. The zero-order chi connectivity index (χ0) is 23.1. The fourth-order valence-electron chi connectivity index (χ4n) is 3.42. The molecule has 0 aliphatic heterocycles. The molecule has 0 fully saturated rings. The minimum absolute atomic E-state index is 0.00176. The van der Waals surface area contributed by atoms with Gasteiger partial charge in [-0.3, -0.25) is 0 Å². The lowest BCUT2D eigenvalue weighted by Crippen LogP contribution is -2.25. The minimum atomic E-state index is -1.62. The van der Waals surface area contributed by atoms with Crippen molar-refractivity contribution in [1.82, 2.24) is 0 Å². The summed E-state index contributed by atoms with van der Waals surface area (Å²) in [5.74, 6) is 4.53. The fourth-order valence-corrected chi connectivity index (χ4v) is 3.42. The molecule has 0 spiro atoms. The number of halogens is 1. The van der Waals surface area contributed by atoms with E-state index in [1.165, 1.54) is 12.1 Å². The summed E-state index contributed by atoms with van der Waals surface area (Å²) in [5.41, 5.74) is 0.624. The van der Waals surface area contributed by atoms with Gasteiger partial charge in [-0.15, -0.1) is 0 Å². The molecule has 33 heavy (non-hydrogen) atoms. The normalized spacial score (nSPS) is 10.7. The number of hydrogen-bond donors (Lipinski definition) is 1. The Morgan fingerprint density at radius 2 is 1.36 bits per heavy atom. The number of ether oxygens (including phenoxy) is 1. The summed E-state index contributed by atoms with van der Waals surface area (Å²) in [6.45, 7) is 0.0566. The Labute approximate surface area is 192 Å². The van der Waals surface area contributed by atoms with E-state index in [0.717, 1.165) is 11.6 Å². The Bertz CT molecular complexity index is 1250. The number of rotatable bonds is 5. The van der Waals surface area contributed by atoms with Gasteiger partial charge in [0.25, 0.3) is 0 Å². The maximum absolute atomic E-state index is 14.0. The van der Waals surface area contributed by atoms with Crippen LogP contribution in [-0.2, 0) is 16.9 Å². The topological polar surface area (TPSA) is 46.5 Å². The van der Waals surface area contributed by atoms with E-state index in [1.807, 2.05) is 66.7 Å². The monoisotopic (exact) mass is 436 g/mol. The molecule has 0 saturated carbocycles. The van der Waals surface area contributed by atoms with Crippen LogP contribution in [0.15, 0.2) is 109 Å². The molecule has 3 nitrogen and oxygen atoms in total. The highest BCUT2D eigenvalue weighted by atomic mass is 19.1. The van der Waals surface area contributed by atoms with Gasteiger partial charge in [-0.1, -0.05) is 103 Å². The maximum atomic E-state index is 14.0. The van der Waals surface area contributed by atoms with E-state index < -0.39 is 17.4 Å². The van der Waals surface area contributed by atoms with Crippen molar-refractivity contribution in [1.29, 1.82) is 0 Å². The van der Waals surface area contributed by atoms with Crippen LogP contribution in [0.5, 0.6) is 0 Å². The van der Waals surface area contributed by atoms with E-state index >= 15 is 0 Å². The molecular formula is C29H21FO3. The van der Waals surface area contributed by atoms with E-state index in [4.69, 9.17) is 4.74 Å². The fraction of sp³-hybridized carbons (Fsp3) is 0.0690. The standard InChI is InChI=1S/C29H21FO3/c30-26-17-16-23(27(20-26)28(31)33-21-22-10-4-1-5-11-22)18-19-29(32,24-12-6-2-7-13-24)25-14-8-3-9-15-25/h1-17,20,32H,21H2. The predicted molar refractivity (Wildman–Crippen MR) is 125 cm³/mol. The van der Waals surface area contributed by atoms with Gasteiger partial charge < -0.3 is 9.84 Å². The molecule has 4 aromatic rings. The maximum Gasteiger partial charge on any atom is 0.339 e. The molecule has 1 N–H and O–H groups in total. The van der Waals surface area contributed by atoms with Crippen molar-refractivity contribution in [2.75, 3.05) is 0 Å². The van der Waals surface area contributed by atoms with Gasteiger partial charge >= 0.3 is 5.97 Å². The van der Waals surface area contributed by atoms with E-state index in [2.05, 4.69) is 11.8 Å². The van der Waals surface area contributed by atoms with Gasteiger partial charge in [-0.2, -0.15) is 0 Å². The van der Waals surface area contributed by atoms with E-state index in [0.29, 0.717) is 11.1 Å². The minimum Gasteiger partial charge on any atom is -0.457 e. The largest absolute Gasteiger partial charge is 0.457 e. The van der Waals surface area contributed by atoms with Crippen LogP contribution in [0.2, 0.25) is 0 Å². The first kappa shape index (κ1) is 22.0. The van der Waals surface area contributed by atoms with E-state index in [9.17, 15) is 14.3 Å². The number of carbonyl (C=O) groups excluding carboxylic acids is 1. The summed E-state index contributed by atoms with van der Waals surface area (Å²) in [4.78, 5) is 12.7. The first-order chi connectivity index (χ1) is 16.1. The Kier molecular flexibility index (Phi) is 6.64. The van der Waals surface area contributed by atoms with Gasteiger partial charge in [-0.05, 0) is 23.8 Å². The number of carbonyl (C=O) groups is 1. The third kappa shape index (κ3) is 5.17. The van der Waals surface area contributed by atoms with Crippen LogP contribution < -0.4 is 0 Å². The van der Waals surface area contributed by atoms with Gasteiger partial charge in [0, 0.05) is 16.7 Å². The van der Waals surface area contributed by atoms with Gasteiger partial charge in [0.15, 0.2) is 5.60 Å². The van der Waals surface area contributed by atoms with Gasteiger partial charge in [-0.25, -0.2) is 9.18 Å². The van der Waals surface area contributed by atoms with E-state index in [1.54, 1.807) is 24.3 Å². The molecule has 0 heterocycles. The van der Waals surface area contributed by atoms with Crippen molar-refractivity contribution >= 4 is 5.97 Å². The van der Waals surface area contributed by atoms with Crippen molar-refractivity contribution < 1.29 is 19.0 Å². The van der Waals surface area contributed by atoms with Gasteiger partial charge in [0.1, 0.15) is 12.4 Å². The molecule has 0 bridgehead atoms. The molecule has 0 aliphatic carbocycles. The highest BCUT2D eigenvalue weighted by Gasteiger charge is 2.29. The summed E-state index contributed by atoms with van der Waals surface area (Å²) in [6, 6.07) is 31.0. The lowest BCUT2D eigenvalue weighted by Gasteiger charge is -2.23. The molecule has 0 unspecified atom stereocenters. The molecule has 162 valence electrons. The average molecular weight is 436 g/mol. The summed E-state index contributed by atoms with van der Waals surface area (Å²) in [6.07, 6.45) is 0. The third-order valence-electron chi connectivity index (χ3n) is 5.18. The zero-order valence-electron chi connectivity index (χ0n) is 17.7. The molecule has 4 heteroatoms.